The van der Waals surface area contributed by atoms with Crippen molar-refractivity contribution in [1.29, 1.82) is 0 Å². The number of rotatable bonds is 0. The molecule has 1 aromatic carbocycles. The number of benzene rings is 1. The summed E-state index contributed by atoms with van der Waals surface area (Å²) in [5, 5.41) is 3.75. The van der Waals surface area contributed by atoms with Crippen LogP contribution in [-0.2, 0) is 11.8 Å². The third-order valence-corrected chi connectivity index (χ3v) is 4.71. The minimum absolute atomic E-state index is 0.444. The van der Waals surface area contributed by atoms with Crippen molar-refractivity contribution in [2.75, 3.05) is 6.54 Å². The average Bonchev–Trinajstić information content (AvgIpc) is 2.50. The van der Waals surface area contributed by atoms with Gasteiger partial charge in [0.05, 0.1) is 0 Å². The van der Waals surface area contributed by atoms with Crippen LogP contribution in [0.4, 0.5) is 0 Å². The minimum atomic E-state index is 0.444. The van der Waals surface area contributed by atoms with E-state index < -0.39 is 0 Å². The van der Waals surface area contributed by atoms with Gasteiger partial charge in [0.25, 0.3) is 0 Å². The van der Waals surface area contributed by atoms with Gasteiger partial charge >= 0.3 is 0 Å². The lowest BCUT2D eigenvalue weighted by molar-refractivity contribution is 0.279. The first-order chi connectivity index (χ1) is 8.30. The normalized spacial score (nSPS) is 27.5. The van der Waals surface area contributed by atoms with Crippen LogP contribution in [0.1, 0.15) is 50.2 Å². The Balaban J connectivity index is 2.04. The molecule has 0 radical (unpaired) electrons. The second-order valence-electron chi connectivity index (χ2n) is 5.98. The molecule has 1 spiro atoms. The zero-order valence-corrected chi connectivity index (χ0v) is 10.8. The number of hydrogen-bond acceptors (Lipinski definition) is 1. The molecule has 0 aromatic heterocycles. The molecule has 0 unspecified atom stereocenters. The van der Waals surface area contributed by atoms with Crippen LogP contribution in [0.5, 0.6) is 0 Å². The molecule has 1 aliphatic carbocycles. The Bertz CT molecular complexity index is 390. The predicted octanol–water partition coefficient (Wildman–Crippen LogP) is 3.42. The van der Waals surface area contributed by atoms with Crippen molar-refractivity contribution in [3.63, 3.8) is 0 Å². The molecule has 3 rings (SSSR count). The van der Waals surface area contributed by atoms with E-state index in [1.165, 1.54) is 45.1 Å². The van der Waals surface area contributed by atoms with Gasteiger partial charge in [-0.05, 0) is 37.3 Å². The fourth-order valence-corrected chi connectivity index (χ4v) is 3.76. The zero-order chi connectivity index (χ0) is 11.7. The molecule has 0 saturated heterocycles. The van der Waals surface area contributed by atoms with Gasteiger partial charge < -0.3 is 5.32 Å². The van der Waals surface area contributed by atoms with E-state index in [2.05, 4.69) is 36.5 Å². The van der Waals surface area contributed by atoms with Gasteiger partial charge in [0.2, 0.25) is 0 Å². The van der Waals surface area contributed by atoms with E-state index in [1.807, 2.05) is 0 Å². The summed E-state index contributed by atoms with van der Waals surface area (Å²) in [4.78, 5) is 0. The van der Waals surface area contributed by atoms with Crippen LogP contribution in [0.3, 0.4) is 0 Å². The second kappa shape index (κ2) is 4.45. The van der Waals surface area contributed by atoms with Crippen LogP contribution in [0, 0.1) is 0 Å². The smallest absolute Gasteiger partial charge is 0.00806 e. The van der Waals surface area contributed by atoms with Gasteiger partial charge in [-0.15, -0.1) is 0 Å². The van der Waals surface area contributed by atoms with Crippen molar-refractivity contribution < 1.29 is 0 Å². The molecule has 1 saturated carbocycles. The molecular formula is C16H23N. The molecule has 1 atom stereocenters. The Hall–Kier alpha value is -0.820. The molecule has 0 amide bonds. The molecule has 17 heavy (non-hydrogen) atoms. The van der Waals surface area contributed by atoms with Crippen molar-refractivity contribution in [3.05, 3.63) is 35.4 Å². The third-order valence-electron chi connectivity index (χ3n) is 4.71. The first kappa shape index (κ1) is 11.3. The van der Waals surface area contributed by atoms with Crippen molar-refractivity contribution in [3.8, 4) is 0 Å². The number of hydrogen-bond donors (Lipinski definition) is 1. The summed E-state index contributed by atoms with van der Waals surface area (Å²) in [6.45, 7) is 3.50. The van der Waals surface area contributed by atoms with Crippen LogP contribution in [0.25, 0.3) is 0 Å². The molecule has 1 aromatic rings. The highest BCUT2D eigenvalue weighted by molar-refractivity contribution is 5.37. The molecule has 1 aliphatic heterocycles. The predicted molar refractivity (Wildman–Crippen MR) is 72.4 cm³/mol. The molecule has 1 heteroatoms. The standard InChI is InChI=1S/C16H23N/c1-13-11-14-7-3-4-8-15(14)16(12-17-13)9-5-2-6-10-16/h3-4,7-8,13,17H,2,5-6,9-12H2,1H3/t13-/m1/s1. The number of nitrogens with one attached hydrogen (secondary N) is 1. The summed E-state index contributed by atoms with van der Waals surface area (Å²) in [6.07, 6.45) is 8.19. The van der Waals surface area contributed by atoms with Gasteiger partial charge in [0.1, 0.15) is 0 Å². The summed E-state index contributed by atoms with van der Waals surface area (Å²) >= 11 is 0. The van der Waals surface area contributed by atoms with Crippen LogP contribution < -0.4 is 5.32 Å². The van der Waals surface area contributed by atoms with Gasteiger partial charge in [0.15, 0.2) is 0 Å². The Morgan fingerprint density at radius 1 is 1.12 bits per heavy atom. The first-order valence-corrected chi connectivity index (χ1v) is 7.12. The quantitative estimate of drug-likeness (QED) is 0.719. The van der Waals surface area contributed by atoms with Gasteiger partial charge in [-0.3, -0.25) is 0 Å². The molecule has 92 valence electrons. The lowest BCUT2D eigenvalue weighted by atomic mass is 9.68. The zero-order valence-electron chi connectivity index (χ0n) is 10.8. The highest BCUT2D eigenvalue weighted by Gasteiger charge is 2.37. The summed E-state index contributed by atoms with van der Waals surface area (Å²) in [5.74, 6) is 0. The minimum Gasteiger partial charge on any atom is -0.313 e. The van der Waals surface area contributed by atoms with E-state index >= 15 is 0 Å². The summed E-state index contributed by atoms with van der Waals surface area (Å²) in [6, 6.07) is 9.78. The van der Waals surface area contributed by atoms with Gasteiger partial charge in [-0.2, -0.15) is 0 Å². The van der Waals surface area contributed by atoms with Crippen molar-refractivity contribution in [2.45, 2.75) is 56.9 Å². The molecule has 1 heterocycles. The van der Waals surface area contributed by atoms with E-state index in [0.29, 0.717) is 11.5 Å². The third kappa shape index (κ3) is 2.01. The van der Waals surface area contributed by atoms with Gasteiger partial charge in [-0.25, -0.2) is 0 Å². The first-order valence-electron chi connectivity index (χ1n) is 7.12. The highest BCUT2D eigenvalue weighted by atomic mass is 14.9. The van der Waals surface area contributed by atoms with Crippen molar-refractivity contribution in [2.24, 2.45) is 0 Å². The lowest BCUT2D eigenvalue weighted by Crippen LogP contribution is -2.41. The molecule has 1 nitrogen and oxygen atoms in total. The largest absolute Gasteiger partial charge is 0.313 e. The number of fused-ring (bicyclic) bond motifs is 2. The van der Waals surface area contributed by atoms with E-state index in [4.69, 9.17) is 0 Å². The molecule has 2 aliphatic rings. The summed E-state index contributed by atoms with van der Waals surface area (Å²) < 4.78 is 0. The van der Waals surface area contributed by atoms with Crippen LogP contribution in [0.15, 0.2) is 24.3 Å². The maximum atomic E-state index is 3.75. The van der Waals surface area contributed by atoms with Crippen LogP contribution >= 0.6 is 0 Å². The molecule has 1 fully saturated rings. The summed E-state index contributed by atoms with van der Waals surface area (Å²) in [5.41, 5.74) is 3.68. The molecule has 0 bridgehead atoms. The highest BCUT2D eigenvalue weighted by Crippen LogP contribution is 2.41. The van der Waals surface area contributed by atoms with E-state index in [9.17, 15) is 0 Å². The Kier molecular flexibility index (Phi) is 2.96. The maximum absolute atomic E-state index is 3.75. The fourth-order valence-electron chi connectivity index (χ4n) is 3.76. The van der Waals surface area contributed by atoms with E-state index in [0.717, 1.165) is 0 Å². The van der Waals surface area contributed by atoms with Gasteiger partial charge in [0, 0.05) is 18.0 Å². The second-order valence-corrected chi connectivity index (χ2v) is 5.98. The summed E-state index contributed by atoms with van der Waals surface area (Å²) in [7, 11) is 0. The monoisotopic (exact) mass is 229 g/mol. The Morgan fingerprint density at radius 2 is 1.88 bits per heavy atom. The Labute approximate surface area is 105 Å². The maximum Gasteiger partial charge on any atom is 0.00806 e. The lowest BCUT2D eigenvalue weighted by Gasteiger charge is -2.38. The van der Waals surface area contributed by atoms with Crippen LogP contribution in [-0.4, -0.2) is 12.6 Å². The van der Waals surface area contributed by atoms with Crippen molar-refractivity contribution >= 4 is 0 Å². The Morgan fingerprint density at radius 3 is 2.71 bits per heavy atom. The van der Waals surface area contributed by atoms with E-state index in [1.54, 1.807) is 11.1 Å². The van der Waals surface area contributed by atoms with Gasteiger partial charge in [-0.1, -0.05) is 43.5 Å². The average molecular weight is 229 g/mol. The topological polar surface area (TPSA) is 12.0 Å². The SMILES string of the molecule is C[C@@H]1Cc2ccccc2C2(CCCCC2)CN1. The molecular weight excluding hydrogens is 206 g/mol. The van der Waals surface area contributed by atoms with Crippen molar-refractivity contribution in [1.82, 2.24) is 5.32 Å². The molecule has 1 N–H and O–H groups in total. The van der Waals surface area contributed by atoms with E-state index in [-0.39, 0.29) is 0 Å². The fraction of sp³-hybridized carbons (Fsp3) is 0.625. The van der Waals surface area contributed by atoms with Crippen LogP contribution in [0.2, 0.25) is 0 Å².